The van der Waals surface area contributed by atoms with Crippen LogP contribution >= 0.6 is 0 Å². The Morgan fingerprint density at radius 3 is 2.83 bits per heavy atom. The van der Waals surface area contributed by atoms with Crippen molar-refractivity contribution in [3.05, 3.63) is 30.0 Å². The number of fused-ring (bicyclic) bond motifs is 4. The topological polar surface area (TPSA) is 36.7 Å². The molecule has 0 saturated heterocycles. The Balaban J connectivity index is 2.40. The number of aromatic nitrogens is 1. The summed E-state index contributed by atoms with van der Waals surface area (Å²) in [5.41, 5.74) is 5.28. The highest BCUT2D eigenvalue weighted by Gasteiger charge is 2.25. The zero-order chi connectivity index (χ0) is 8.13. The van der Waals surface area contributed by atoms with Crippen molar-refractivity contribution in [1.29, 1.82) is 5.26 Å². The average molecular weight is 152 g/mol. The predicted octanol–water partition coefficient (Wildman–Crippen LogP) is 2.04. The van der Waals surface area contributed by atoms with Gasteiger partial charge in [-0.1, -0.05) is 0 Å². The molecule has 1 heterocycles. The molecule has 2 aliphatic carbocycles. The molecule has 0 radical (unpaired) electrons. The lowest BCUT2D eigenvalue weighted by atomic mass is 9.91. The highest BCUT2D eigenvalue weighted by molar-refractivity contribution is 6.02. The Labute approximate surface area is 69.4 Å². The zero-order valence-corrected chi connectivity index (χ0v) is 6.20. The molecule has 0 atom stereocenters. The van der Waals surface area contributed by atoms with Crippen LogP contribution in [0.2, 0.25) is 0 Å². The van der Waals surface area contributed by atoms with E-state index < -0.39 is 0 Å². The summed E-state index contributed by atoms with van der Waals surface area (Å²) in [6, 6.07) is 7.92. The van der Waals surface area contributed by atoms with Crippen LogP contribution < -0.4 is 0 Å². The van der Waals surface area contributed by atoms with Crippen LogP contribution in [0.15, 0.2) is 24.4 Å². The molecule has 0 aromatic heterocycles. The monoisotopic (exact) mass is 152 g/mol. The SMILES string of the molecule is N#Cc1cc2c3ccnc-3c-2c1. The Bertz CT molecular complexity index is 457. The number of rotatable bonds is 0. The molecular formula is C10H4N2. The average Bonchev–Trinajstić information content (AvgIpc) is 2.60. The van der Waals surface area contributed by atoms with Crippen molar-refractivity contribution in [2.24, 2.45) is 0 Å². The van der Waals surface area contributed by atoms with Crippen molar-refractivity contribution >= 4 is 0 Å². The van der Waals surface area contributed by atoms with Gasteiger partial charge in [0, 0.05) is 17.3 Å². The first kappa shape index (κ1) is 5.73. The molecule has 0 aromatic carbocycles. The maximum Gasteiger partial charge on any atom is 0.0992 e. The minimum absolute atomic E-state index is 0.734. The second kappa shape index (κ2) is 1.64. The smallest absolute Gasteiger partial charge is 0.0992 e. The van der Waals surface area contributed by atoms with Gasteiger partial charge in [-0.05, 0) is 23.8 Å². The Hall–Kier alpha value is -1.88. The predicted molar refractivity (Wildman–Crippen MR) is 44.6 cm³/mol. The first-order chi connectivity index (χ1) is 5.90. The van der Waals surface area contributed by atoms with Crippen molar-refractivity contribution in [3.8, 4) is 28.5 Å². The fourth-order valence-electron chi connectivity index (χ4n) is 1.70. The Morgan fingerprint density at radius 1 is 1.17 bits per heavy atom. The number of nitriles is 1. The first-order valence-corrected chi connectivity index (χ1v) is 3.73. The molecule has 0 saturated carbocycles. The summed E-state index contributed by atoms with van der Waals surface area (Å²) in [7, 11) is 0. The molecule has 2 heteroatoms. The van der Waals surface area contributed by atoms with Crippen LogP contribution in [-0.2, 0) is 0 Å². The molecule has 0 N–H and O–H groups in total. The van der Waals surface area contributed by atoms with E-state index in [0.717, 1.165) is 16.8 Å². The van der Waals surface area contributed by atoms with E-state index >= 15 is 0 Å². The van der Waals surface area contributed by atoms with Gasteiger partial charge in [-0.25, -0.2) is 0 Å². The third kappa shape index (κ3) is 0.454. The number of hydrogen-bond acceptors (Lipinski definition) is 2. The third-order valence-electron chi connectivity index (χ3n) is 2.26. The molecule has 12 heavy (non-hydrogen) atoms. The van der Waals surface area contributed by atoms with Gasteiger partial charge in [0.1, 0.15) is 0 Å². The van der Waals surface area contributed by atoms with E-state index in [1.165, 1.54) is 11.1 Å². The van der Waals surface area contributed by atoms with Crippen molar-refractivity contribution in [3.63, 3.8) is 0 Å². The summed E-state index contributed by atoms with van der Waals surface area (Å²) < 4.78 is 0. The van der Waals surface area contributed by atoms with Gasteiger partial charge in [0.15, 0.2) is 0 Å². The Morgan fingerprint density at radius 2 is 2.00 bits per heavy atom. The molecule has 2 nitrogen and oxygen atoms in total. The van der Waals surface area contributed by atoms with E-state index in [9.17, 15) is 0 Å². The highest BCUT2D eigenvalue weighted by atomic mass is 14.7. The summed E-state index contributed by atoms with van der Waals surface area (Å²) >= 11 is 0. The van der Waals surface area contributed by atoms with E-state index in [0.29, 0.717) is 0 Å². The van der Waals surface area contributed by atoms with Gasteiger partial charge in [0.25, 0.3) is 0 Å². The molecule has 1 aliphatic heterocycles. The molecule has 0 amide bonds. The standard InChI is InChI=1S/C10H4N2/c11-5-6-3-8-7-1-2-12-10(7)9(8)4-6/h1-4H. The normalized spacial score (nSPS) is 11.2. The van der Waals surface area contributed by atoms with Crippen molar-refractivity contribution in [2.45, 2.75) is 0 Å². The summed E-state index contributed by atoms with van der Waals surface area (Å²) in [5.74, 6) is 0. The summed E-state index contributed by atoms with van der Waals surface area (Å²) in [5, 5.41) is 8.65. The first-order valence-electron chi connectivity index (χ1n) is 3.73. The molecule has 54 valence electrons. The minimum atomic E-state index is 0.734. The molecule has 3 rings (SSSR count). The largest absolute Gasteiger partial charge is 0.256 e. The van der Waals surface area contributed by atoms with Crippen LogP contribution in [0.25, 0.3) is 22.4 Å². The van der Waals surface area contributed by atoms with Crippen LogP contribution in [0.1, 0.15) is 5.56 Å². The second-order valence-electron chi connectivity index (χ2n) is 2.89. The molecule has 0 bridgehead atoms. The van der Waals surface area contributed by atoms with Gasteiger partial charge in [-0.3, -0.25) is 4.98 Å². The lowest BCUT2D eigenvalue weighted by molar-refractivity contribution is 1.40. The lowest BCUT2D eigenvalue weighted by Crippen LogP contribution is -1.90. The summed E-state index contributed by atoms with van der Waals surface area (Å²) in [4.78, 5) is 4.18. The van der Waals surface area contributed by atoms with Gasteiger partial charge in [-0.2, -0.15) is 5.26 Å². The molecule has 0 aromatic rings. The van der Waals surface area contributed by atoms with Crippen LogP contribution in [0, 0.1) is 11.3 Å². The minimum Gasteiger partial charge on any atom is -0.256 e. The van der Waals surface area contributed by atoms with Crippen molar-refractivity contribution in [1.82, 2.24) is 4.98 Å². The molecule has 0 fully saturated rings. The van der Waals surface area contributed by atoms with Gasteiger partial charge >= 0.3 is 0 Å². The number of hydrogen-bond donors (Lipinski definition) is 0. The van der Waals surface area contributed by atoms with Gasteiger partial charge in [0.2, 0.25) is 0 Å². The van der Waals surface area contributed by atoms with Crippen molar-refractivity contribution < 1.29 is 0 Å². The lowest BCUT2D eigenvalue weighted by Gasteiger charge is -2.12. The maximum atomic E-state index is 8.65. The molecule has 0 spiro atoms. The molecule has 0 unspecified atom stereocenters. The molecular weight excluding hydrogens is 148 g/mol. The number of nitrogens with zero attached hydrogens (tertiary/aromatic N) is 2. The van der Waals surface area contributed by atoms with Gasteiger partial charge < -0.3 is 0 Å². The quantitative estimate of drug-likeness (QED) is 0.494. The second-order valence-corrected chi connectivity index (χ2v) is 2.89. The fraction of sp³-hybridized carbons (Fsp3) is 0. The van der Waals surface area contributed by atoms with Gasteiger partial charge in [0.05, 0.1) is 17.3 Å². The van der Waals surface area contributed by atoms with Crippen LogP contribution in [0.4, 0.5) is 0 Å². The van der Waals surface area contributed by atoms with E-state index in [2.05, 4.69) is 11.1 Å². The van der Waals surface area contributed by atoms with E-state index in [-0.39, 0.29) is 0 Å². The highest BCUT2D eigenvalue weighted by Crippen LogP contribution is 2.47. The summed E-state index contributed by atoms with van der Waals surface area (Å²) in [6.07, 6.45) is 1.80. The van der Waals surface area contributed by atoms with Crippen molar-refractivity contribution in [2.75, 3.05) is 0 Å². The maximum absolute atomic E-state index is 8.65. The van der Waals surface area contributed by atoms with Gasteiger partial charge in [-0.15, -0.1) is 0 Å². The van der Waals surface area contributed by atoms with E-state index in [1.54, 1.807) is 6.20 Å². The van der Waals surface area contributed by atoms with Crippen LogP contribution in [-0.4, -0.2) is 4.98 Å². The van der Waals surface area contributed by atoms with E-state index in [4.69, 9.17) is 5.26 Å². The molecule has 3 aliphatic rings. The Kier molecular flexibility index (Phi) is 0.785. The zero-order valence-electron chi connectivity index (χ0n) is 6.20. The van der Waals surface area contributed by atoms with Crippen LogP contribution in [0.5, 0.6) is 0 Å². The third-order valence-corrected chi connectivity index (χ3v) is 2.26. The van der Waals surface area contributed by atoms with E-state index in [1.807, 2.05) is 18.2 Å². The van der Waals surface area contributed by atoms with Crippen LogP contribution in [0.3, 0.4) is 0 Å². The fourth-order valence-corrected chi connectivity index (χ4v) is 1.70. The summed E-state index contributed by atoms with van der Waals surface area (Å²) in [6.45, 7) is 0.